The van der Waals surface area contributed by atoms with E-state index in [0.29, 0.717) is 12.0 Å². The van der Waals surface area contributed by atoms with E-state index in [1.54, 1.807) is 12.1 Å². The van der Waals surface area contributed by atoms with Crippen LogP contribution in [0, 0.1) is 5.92 Å². The second kappa shape index (κ2) is 12.8. The molecular formula is C20H30N4O6S. The van der Waals surface area contributed by atoms with E-state index in [-0.39, 0.29) is 23.8 Å². The summed E-state index contributed by atoms with van der Waals surface area (Å²) in [5.41, 5.74) is 6.45. The number of carboxylic acid groups (broad SMARTS) is 1. The Labute approximate surface area is 186 Å². The van der Waals surface area contributed by atoms with Crippen molar-refractivity contribution < 1.29 is 29.4 Å². The highest BCUT2D eigenvalue weighted by Gasteiger charge is 2.26. The fourth-order valence-corrected chi connectivity index (χ4v) is 2.84. The topological polar surface area (TPSA) is 171 Å². The van der Waals surface area contributed by atoms with E-state index in [0.717, 1.165) is 0 Å². The van der Waals surface area contributed by atoms with Crippen molar-refractivity contribution in [2.24, 2.45) is 11.7 Å². The van der Waals surface area contributed by atoms with Crippen molar-refractivity contribution in [3.05, 3.63) is 29.8 Å². The van der Waals surface area contributed by atoms with Gasteiger partial charge >= 0.3 is 5.97 Å². The molecule has 3 amide bonds. The summed E-state index contributed by atoms with van der Waals surface area (Å²) < 4.78 is 0. The summed E-state index contributed by atoms with van der Waals surface area (Å²) in [5, 5.41) is 25.8. The number of nitrogens with one attached hydrogen (secondary N) is 3. The number of amides is 3. The number of carboxylic acids is 1. The number of hydrogen-bond acceptors (Lipinski definition) is 7. The molecule has 1 rings (SSSR count). The number of thiol groups is 1. The lowest BCUT2D eigenvalue weighted by Gasteiger charge is -2.22. The molecule has 7 N–H and O–H groups in total. The maximum atomic E-state index is 12.3. The van der Waals surface area contributed by atoms with Gasteiger partial charge in [0.15, 0.2) is 0 Å². The molecule has 11 heteroatoms. The molecule has 0 aliphatic heterocycles. The predicted octanol–water partition coefficient (Wildman–Crippen LogP) is -0.592. The van der Waals surface area contributed by atoms with Gasteiger partial charge in [-0.15, -0.1) is 0 Å². The fraction of sp³-hybridized carbons (Fsp3) is 0.500. The number of hydrogen-bond donors (Lipinski definition) is 7. The number of aliphatic carboxylic acids is 1. The number of carbonyl (C=O) groups is 4. The van der Waals surface area contributed by atoms with Crippen molar-refractivity contribution in [2.75, 3.05) is 12.3 Å². The third-order valence-electron chi connectivity index (χ3n) is 4.81. The summed E-state index contributed by atoms with van der Waals surface area (Å²) in [6, 6.07) is 2.92. The van der Waals surface area contributed by atoms with Crippen molar-refractivity contribution in [2.45, 2.75) is 44.8 Å². The zero-order chi connectivity index (χ0) is 23.6. The number of carbonyl (C=O) groups excluding carboxylic acids is 3. The molecule has 1 aromatic carbocycles. The Bertz CT molecular complexity index is 773. The number of phenols is 1. The molecule has 0 radical (unpaired) electrons. The Balaban J connectivity index is 2.59. The van der Waals surface area contributed by atoms with Gasteiger partial charge in [0.2, 0.25) is 17.7 Å². The average Bonchev–Trinajstić information content (AvgIpc) is 2.75. The molecule has 1 aromatic rings. The normalized spacial score (nSPS) is 14.6. The van der Waals surface area contributed by atoms with Crippen LogP contribution in [0.3, 0.4) is 0 Å². The van der Waals surface area contributed by atoms with Crippen molar-refractivity contribution in [1.29, 1.82) is 0 Å². The number of rotatable bonds is 12. The van der Waals surface area contributed by atoms with Gasteiger partial charge in [-0.05, 0) is 23.6 Å². The van der Waals surface area contributed by atoms with Crippen LogP contribution in [0.5, 0.6) is 5.75 Å². The molecule has 0 aromatic heterocycles. The first-order chi connectivity index (χ1) is 14.6. The Hall–Kier alpha value is -2.79. The van der Waals surface area contributed by atoms with Crippen LogP contribution in [-0.4, -0.2) is 64.3 Å². The number of nitrogens with two attached hydrogens (primary N) is 1. The van der Waals surface area contributed by atoms with Gasteiger partial charge in [-0.1, -0.05) is 32.4 Å². The van der Waals surface area contributed by atoms with E-state index < -0.39 is 48.4 Å². The van der Waals surface area contributed by atoms with Gasteiger partial charge in [-0.25, -0.2) is 4.79 Å². The SMILES string of the molecule is CCC(C)C(N)C(=O)NC(CS)C(=O)NCC(=O)NC(Cc1ccc(O)cc1)C(=O)O. The van der Waals surface area contributed by atoms with Crippen LogP contribution in [-0.2, 0) is 25.6 Å². The molecule has 0 heterocycles. The van der Waals surface area contributed by atoms with Crippen molar-refractivity contribution in [3.8, 4) is 5.75 Å². The minimum absolute atomic E-state index is 0.00186. The van der Waals surface area contributed by atoms with Crippen LogP contribution in [0.2, 0.25) is 0 Å². The quantitative estimate of drug-likeness (QED) is 0.207. The second-order valence-corrected chi connectivity index (χ2v) is 7.57. The Morgan fingerprint density at radius 2 is 1.68 bits per heavy atom. The lowest BCUT2D eigenvalue weighted by Crippen LogP contribution is -2.55. The van der Waals surface area contributed by atoms with Crippen LogP contribution >= 0.6 is 12.6 Å². The number of aromatic hydroxyl groups is 1. The zero-order valence-electron chi connectivity index (χ0n) is 17.5. The first-order valence-corrected chi connectivity index (χ1v) is 10.5. The highest BCUT2D eigenvalue weighted by atomic mass is 32.1. The molecule has 0 aliphatic rings. The standard InChI is InChI=1S/C20H30N4O6S/c1-3-11(2)17(21)19(28)24-15(10-31)18(27)22-9-16(26)23-14(20(29)30)8-12-4-6-13(25)7-5-12/h4-7,11,14-15,17,25,31H,3,8-10,21H2,1-2H3,(H,22,27)(H,23,26)(H,24,28)(H,29,30). The van der Waals surface area contributed by atoms with E-state index in [2.05, 4.69) is 28.6 Å². The van der Waals surface area contributed by atoms with Gasteiger partial charge < -0.3 is 31.9 Å². The highest BCUT2D eigenvalue weighted by Crippen LogP contribution is 2.11. The molecule has 31 heavy (non-hydrogen) atoms. The Kier molecular flexibility index (Phi) is 10.8. The Morgan fingerprint density at radius 3 is 2.19 bits per heavy atom. The number of phenolic OH excluding ortho intramolecular Hbond substituents is 1. The average molecular weight is 455 g/mol. The monoisotopic (exact) mass is 454 g/mol. The van der Waals surface area contributed by atoms with E-state index in [4.69, 9.17) is 5.73 Å². The zero-order valence-corrected chi connectivity index (χ0v) is 18.4. The van der Waals surface area contributed by atoms with Gasteiger partial charge in [0.1, 0.15) is 17.8 Å². The predicted molar refractivity (Wildman–Crippen MR) is 118 cm³/mol. The molecular weight excluding hydrogens is 424 g/mol. The van der Waals surface area contributed by atoms with Crippen LogP contribution in [0.1, 0.15) is 25.8 Å². The van der Waals surface area contributed by atoms with Crippen molar-refractivity contribution in [3.63, 3.8) is 0 Å². The summed E-state index contributed by atoms with van der Waals surface area (Å²) >= 11 is 4.05. The molecule has 4 unspecified atom stereocenters. The maximum Gasteiger partial charge on any atom is 0.326 e. The molecule has 172 valence electrons. The van der Waals surface area contributed by atoms with Gasteiger partial charge in [-0.2, -0.15) is 12.6 Å². The lowest BCUT2D eigenvalue weighted by atomic mass is 9.99. The summed E-state index contributed by atoms with van der Waals surface area (Å²) in [6.45, 7) is 3.24. The molecule has 0 spiro atoms. The van der Waals surface area contributed by atoms with Gasteiger partial charge in [-0.3, -0.25) is 14.4 Å². The highest BCUT2D eigenvalue weighted by molar-refractivity contribution is 7.80. The molecule has 0 fully saturated rings. The van der Waals surface area contributed by atoms with Crippen molar-refractivity contribution >= 4 is 36.3 Å². The van der Waals surface area contributed by atoms with E-state index in [1.165, 1.54) is 12.1 Å². The van der Waals surface area contributed by atoms with E-state index in [1.807, 2.05) is 13.8 Å². The molecule has 0 aliphatic carbocycles. The van der Waals surface area contributed by atoms with Crippen LogP contribution in [0.15, 0.2) is 24.3 Å². The minimum atomic E-state index is -1.24. The fourth-order valence-electron chi connectivity index (χ4n) is 2.58. The minimum Gasteiger partial charge on any atom is -0.508 e. The third kappa shape index (κ3) is 8.85. The molecule has 0 bridgehead atoms. The van der Waals surface area contributed by atoms with Gasteiger partial charge in [0.05, 0.1) is 12.6 Å². The van der Waals surface area contributed by atoms with E-state index >= 15 is 0 Å². The smallest absolute Gasteiger partial charge is 0.326 e. The largest absolute Gasteiger partial charge is 0.508 e. The molecule has 0 saturated carbocycles. The van der Waals surface area contributed by atoms with Crippen LogP contribution in [0.25, 0.3) is 0 Å². The first-order valence-electron chi connectivity index (χ1n) is 9.83. The van der Waals surface area contributed by atoms with Crippen LogP contribution in [0.4, 0.5) is 0 Å². The lowest BCUT2D eigenvalue weighted by molar-refractivity contribution is -0.141. The third-order valence-corrected chi connectivity index (χ3v) is 5.17. The summed E-state index contributed by atoms with van der Waals surface area (Å²) in [4.78, 5) is 48.0. The molecule has 0 saturated heterocycles. The second-order valence-electron chi connectivity index (χ2n) is 7.20. The van der Waals surface area contributed by atoms with E-state index in [9.17, 15) is 29.4 Å². The molecule has 4 atom stereocenters. The first kappa shape index (κ1) is 26.2. The molecule has 10 nitrogen and oxygen atoms in total. The van der Waals surface area contributed by atoms with Crippen LogP contribution < -0.4 is 21.7 Å². The van der Waals surface area contributed by atoms with Gasteiger partial charge in [0.25, 0.3) is 0 Å². The Morgan fingerprint density at radius 1 is 1.06 bits per heavy atom. The summed E-state index contributed by atoms with van der Waals surface area (Å²) in [5.74, 6) is -3.12. The summed E-state index contributed by atoms with van der Waals surface area (Å²) in [6.07, 6.45) is 0.694. The maximum absolute atomic E-state index is 12.3. The van der Waals surface area contributed by atoms with Crippen molar-refractivity contribution in [1.82, 2.24) is 16.0 Å². The van der Waals surface area contributed by atoms with Gasteiger partial charge in [0, 0.05) is 12.2 Å². The number of benzene rings is 1. The summed E-state index contributed by atoms with van der Waals surface area (Å²) in [7, 11) is 0.